The molecule has 0 saturated heterocycles. The molecular weight excluding hydrogens is 424 g/mol. The molecule has 1 amide bonds. The molecule has 7 heteroatoms. The molecule has 2 heterocycles. The third-order valence-corrected chi connectivity index (χ3v) is 6.36. The summed E-state index contributed by atoms with van der Waals surface area (Å²) < 4.78 is 7.85. The Morgan fingerprint density at radius 3 is 2.66 bits per heavy atom. The Morgan fingerprint density at radius 2 is 1.91 bits per heavy atom. The number of fused-ring (bicyclic) bond motifs is 1. The Balaban J connectivity index is 1.55. The number of nitrogens with one attached hydrogen (secondary N) is 1. The lowest BCUT2D eigenvalue weighted by molar-refractivity contribution is 0.102. The maximum Gasteiger partial charge on any atom is 0.255 e. The van der Waals surface area contributed by atoms with Crippen molar-refractivity contribution in [2.45, 2.75) is 31.7 Å². The van der Waals surface area contributed by atoms with Crippen molar-refractivity contribution < 1.29 is 9.53 Å². The summed E-state index contributed by atoms with van der Waals surface area (Å²) in [5.41, 5.74) is 3.93. The van der Waals surface area contributed by atoms with Gasteiger partial charge in [0.15, 0.2) is 0 Å². The first-order valence-corrected chi connectivity index (χ1v) is 11.1. The molecule has 162 valence electrons. The van der Waals surface area contributed by atoms with Crippen LogP contribution < -0.4 is 10.1 Å². The fourth-order valence-corrected chi connectivity index (χ4v) is 4.70. The number of halogens is 1. The van der Waals surface area contributed by atoms with Crippen LogP contribution in [0, 0.1) is 0 Å². The highest BCUT2D eigenvalue weighted by Crippen LogP contribution is 2.40. The minimum Gasteiger partial charge on any atom is -0.495 e. The average Bonchev–Trinajstić information content (AvgIpc) is 3.48. The summed E-state index contributed by atoms with van der Waals surface area (Å²) in [6.07, 6.45) is 8.36. The van der Waals surface area contributed by atoms with Gasteiger partial charge in [0, 0.05) is 23.4 Å². The van der Waals surface area contributed by atoms with E-state index in [-0.39, 0.29) is 5.91 Å². The molecule has 0 spiro atoms. The van der Waals surface area contributed by atoms with Gasteiger partial charge in [-0.05, 0) is 42.7 Å². The Bertz CT molecular complexity index is 1280. The van der Waals surface area contributed by atoms with Gasteiger partial charge in [-0.25, -0.2) is 9.97 Å². The van der Waals surface area contributed by atoms with Gasteiger partial charge in [0.05, 0.1) is 18.2 Å². The molecule has 5 rings (SSSR count). The summed E-state index contributed by atoms with van der Waals surface area (Å²) >= 11 is 6.52. The van der Waals surface area contributed by atoms with Gasteiger partial charge in [-0.3, -0.25) is 4.79 Å². The van der Waals surface area contributed by atoms with Gasteiger partial charge < -0.3 is 14.6 Å². The first kappa shape index (κ1) is 20.5. The van der Waals surface area contributed by atoms with Gasteiger partial charge >= 0.3 is 0 Å². The van der Waals surface area contributed by atoms with Crippen molar-refractivity contribution in [3.05, 3.63) is 71.8 Å². The SMILES string of the molecule is COc1cc(-c2cn(C3CCCC3)c3ncnc(Cl)c23)ccc1NC(=O)c1ccccc1. The van der Waals surface area contributed by atoms with Crippen LogP contribution in [0.3, 0.4) is 0 Å². The number of methoxy groups -OCH3 is 1. The molecule has 0 radical (unpaired) electrons. The van der Waals surface area contributed by atoms with E-state index in [2.05, 4.69) is 26.0 Å². The number of benzene rings is 2. The number of carbonyl (C=O) groups is 1. The van der Waals surface area contributed by atoms with E-state index in [0.29, 0.717) is 28.2 Å². The Morgan fingerprint density at radius 1 is 1.12 bits per heavy atom. The van der Waals surface area contributed by atoms with Crippen LogP contribution >= 0.6 is 11.6 Å². The van der Waals surface area contributed by atoms with Crippen LogP contribution in [0.25, 0.3) is 22.2 Å². The van der Waals surface area contributed by atoms with Gasteiger partial charge in [-0.1, -0.05) is 48.7 Å². The predicted octanol–water partition coefficient (Wildman–Crippen LogP) is 6.13. The highest BCUT2D eigenvalue weighted by molar-refractivity contribution is 6.35. The van der Waals surface area contributed by atoms with Crippen LogP contribution in [0.2, 0.25) is 5.15 Å². The summed E-state index contributed by atoms with van der Waals surface area (Å²) in [5, 5.41) is 4.20. The van der Waals surface area contributed by atoms with E-state index in [0.717, 1.165) is 35.0 Å². The molecule has 2 aromatic carbocycles. The molecule has 1 aliphatic carbocycles. The molecule has 0 bridgehead atoms. The first-order chi connectivity index (χ1) is 15.7. The fourth-order valence-electron chi connectivity index (χ4n) is 4.47. The number of ether oxygens (including phenoxy) is 1. The molecule has 0 unspecified atom stereocenters. The predicted molar refractivity (Wildman–Crippen MR) is 126 cm³/mol. The molecule has 6 nitrogen and oxygen atoms in total. The molecule has 32 heavy (non-hydrogen) atoms. The molecule has 0 aliphatic heterocycles. The van der Waals surface area contributed by atoms with E-state index in [4.69, 9.17) is 16.3 Å². The average molecular weight is 447 g/mol. The Kier molecular flexibility index (Phi) is 5.53. The Labute approximate surface area is 191 Å². The lowest BCUT2D eigenvalue weighted by atomic mass is 10.1. The second-order valence-electron chi connectivity index (χ2n) is 7.99. The maximum absolute atomic E-state index is 12.6. The standard InChI is InChI=1S/C25H23ClN4O2/c1-32-21-13-17(11-12-20(21)29-25(31)16-7-3-2-4-8-16)19-14-30(18-9-5-6-10-18)24-22(19)23(26)27-15-28-24/h2-4,7-8,11-15,18H,5-6,9-10H2,1H3,(H,29,31). The summed E-state index contributed by atoms with van der Waals surface area (Å²) in [5.74, 6) is 0.382. The molecule has 1 N–H and O–H groups in total. The zero-order valence-electron chi connectivity index (χ0n) is 17.7. The summed E-state index contributed by atoms with van der Waals surface area (Å²) in [4.78, 5) is 21.4. The van der Waals surface area contributed by atoms with Crippen LogP contribution in [-0.4, -0.2) is 27.6 Å². The van der Waals surface area contributed by atoms with Gasteiger partial charge in [-0.2, -0.15) is 0 Å². The largest absolute Gasteiger partial charge is 0.495 e. The van der Waals surface area contributed by atoms with Crippen LogP contribution in [0.4, 0.5) is 5.69 Å². The van der Waals surface area contributed by atoms with Gasteiger partial charge in [-0.15, -0.1) is 0 Å². The van der Waals surface area contributed by atoms with Crippen LogP contribution in [0.1, 0.15) is 42.1 Å². The van der Waals surface area contributed by atoms with E-state index in [1.807, 2.05) is 36.4 Å². The molecule has 1 aliphatic rings. The van der Waals surface area contributed by atoms with Crippen LogP contribution in [0.15, 0.2) is 61.1 Å². The Hall–Kier alpha value is -3.38. The van der Waals surface area contributed by atoms with Crippen molar-refractivity contribution in [3.8, 4) is 16.9 Å². The second kappa shape index (κ2) is 8.63. The lowest BCUT2D eigenvalue weighted by Gasteiger charge is -2.12. The normalized spacial score (nSPS) is 14.1. The van der Waals surface area contributed by atoms with E-state index in [1.54, 1.807) is 19.2 Å². The van der Waals surface area contributed by atoms with E-state index >= 15 is 0 Å². The minimum absolute atomic E-state index is 0.189. The van der Waals surface area contributed by atoms with Crippen LogP contribution in [-0.2, 0) is 0 Å². The van der Waals surface area contributed by atoms with Crippen molar-refractivity contribution in [2.24, 2.45) is 0 Å². The minimum atomic E-state index is -0.189. The molecular formula is C25H23ClN4O2. The quantitative estimate of drug-likeness (QED) is 0.374. The molecule has 2 aromatic heterocycles. The van der Waals surface area contributed by atoms with Gasteiger partial charge in [0.1, 0.15) is 22.9 Å². The first-order valence-electron chi connectivity index (χ1n) is 10.7. The number of hydrogen-bond acceptors (Lipinski definition) is 4. The fraction of sp³-hybridized carbons (Fsp3) is 0.240. The maximum atomic E-state index is 12.6. The van der Waals surface area contributed by atoms with Crippen molar-refractivity contribution in [1.29, 1.82) is 0 Å². The summed E-state index contributed by atoms with van der Waals surface area (Å²) in [6, 6.07) is 15.2. The monoisotopic (exact) mass is 446 g/mol. The zero-order chi connectivity index (χ0) is 22.1. The lowest BCUT2D eigenvalue weighted by Crippen LogP contribution is -2.12. The topological polar surface area (TPSA) is 69.0 Å². The number of hydrogen-bond donors (Lipinski definition) is 1. The smallest absolute Gasteiger partial charge is 0.255 e. The zero-order valence-corrected chi connectivity index (χ0v) is 18.5. The molecule has 1 saturated carbocycles. The van der Waals surface area contributed by atoms with Gasteiger partial charge in [0.25, 0.3) is 5.91 Å². The van der Waals surface area contributed by atoms with E-state index in [1.165, 1.54) is 19.2 Å². The van der Waals surface area contributed by atoms with Crippen molar-refractivity contribution in [2.75, 3.05) is 12.4 Å². The number of aromatic nitrogens is 3. The highest BCUT2D eigenvalue weighted by atomic mass is 35.5. The third-order valence-electron chi connectivity index (χ3n) is 6.08. The second-order valence-corrected chi connectivity index (χ2v) is 8.34. The molecule has 4 aromatic rings. The van der Waals surface area contributed by atoms with Crippen molar-refractivity contribution in [1.82, 2.24) is 14.5 Å². The van der Waals surface area contributed by atoms with E-state index < -0.39 is 0 Å². The summed E-state index contributed by atoms with van der Waals surface area (Å²) in [6.45, 7) is 0. The number of nitrogens with zero attached hydrogens (tertiary/aromatic N) is 3. The highest BCUT2D eigenvalue weighted by Gasteiger charge is 2.23. The van der Waals surface area contributed by atoms with E-state index in [9.17, 15) is 4.79 Å². The summed E-state index contributed by atoms with van der Waals surface area (Å²) in [7, 11) is 1.59. The molecule has 0 atom stereocenters. The number of carbonyl (C=O) groups excluding carboxylic acids is 1. The third kappa shape index (κ3) is 3.71. The number of amides is 1. The van der Waals surface area contributed by atoms with Crippen molar-refractivity contribution in [3.63, 3.8) is 0 Å². The van der Waals surface area contributed by atoms with Crippen molar-refractivity contribution >= 4 is 34.2 Å². The molecule has 1 fully saturated rings. The number of rotatable bonds is 5. The van der Waals surface area contributed by atoms with Crippen LogP contribution in [0.5, 0.6) is 5.75 Å². The van der Waals surface area contributed by atoms with Gasteiger partial charge in [0.2, 0.25) is 0 Å². The number of anilines is 1.